The van der Waals surface area contributed by atoms with Crippen molar-refractivity contribution < 1.29 is 14.6 Å². The van der Waals surface area contributed by atoms with Gasteiger partial charge in [-0.05, 0) is 46.6 Å². The van der Waals surface area contributed by atoms with Gasteiger partial charge in [0.2, 0.25) is 0 Å². The molecule has 0 saturated heterocycles. The summed E-state index contributed by atoms with van der Waals surface area (Å²) in [5.41, 5.74) is 0.778. The number of aliphatic hydroxyl groups is 1. The summed E-state index contributed by atoms with van der Waals surface area (Å²) in [4.78, 5) is 2.05. The minimum absolute atomic E-state index is 0.614. The molecule has 2 rings (SSSR count). The predicted molar refractivity (Wildman–Crippen MR) is 80.4 cm³/mol. The lowest BCUT2D eigenvalue weighted by Crippen LogP contribution is -1.99. The summed E-state index contributed by atoms with van der Waals surface area (Å²) < 4.78 is 11.4. The number of benzene rings is 1. The highest BCUT2D eigenvalue weighted by Crippen LogP contribution is 2.38. The van der Waals surface area contributed by atoms with E-state index in [-0.39, 0.29) is 0 Å². The van der Waals surface area contributed by atoms with E-state index in [9.17, 15) is 5.11 Å². The number of thiophene rings is 1. The Morgan fingerprint density at radius 3 is 2.37 bits per heavy atom. The van der Waals surface area contributed by atoms with E-state index >= 15 is 0 Å². The lowest BCUT2D eigenvalue weighted by Gasteiger charge is -2.13. The van der Waals surface area contributed by atoms with Crippen LogP contribution in [-0.2, 0) is 0 Å². The maximum atomic E-state index is 10.5. The van der Waals surface area contributed by atoms with Gasteiger partial charge in [0.05, 0.1) is 19.1 Å². The number of hydrogen-bond donors (Lipinski definition) is 1. The molecule has 0 amide bonds. The molecule has 102 valence electrons. The maximum absolute atomic E-state index is 10.5. The molecule has 1 aromatic carbocycles. The number of rotatable bonds is 4. The zero-order valence-electron chi connectivity index (χ0n) is 10.9. The third-order valence-corrected chi connectivity index (χ3v) is 4.83. The standard InChI is InChI=1S/C14H15BrO3S/c1-8-6-10(15)14(19-8)13(16)9-4-5-11(17-2)12(7-9)18-3/h4-7,13,16H,1-3H3. The highest BCUT2D eigenvalue weighted by Gasteiger charge is 2.18. The largest absolute Gasteiger partial charge is 0.493 e. The fourth-order valence-corrected chi connectivity index (χ4v) is 3.74. The lowest BCUT2D eigenvalue weighted by molar-refractivity contribution is 0.222. The zero-order chi connectivity index (χ0) is 14.0. The molecule has 0 spiro atoms. The topological polar surface area (TPSA) is 38.7 Å². The first-order valence-corrected chi connectivity index (χ1v) is 7.33. The van der Waals surface area contributed by atoms with Crippen molar-refractivity contribution in [3.8, 4) is 11.5 Å². The molecular formula is C14H15BrO3S. The van der Waals surface area contributed by atoms with Gasteiger partial charge in [-0.3, -0.25) is 0 Å². The van der Waals surface area contributed by atoms with Gasteiger partial charge >= 0.3 is 0 Å². The summed E-state index contributed by atoms with van der Waals surface area (Å²) in [7, 11) is 3.17. The third kappa shape index (κ3) is 2.94. The van der Waals surface area contributed by atoms with Crippen molar-refractivity contribution in [2.75, 3.05) is 14.2 Å². The number of halogens is 1. The van der Waals surface area contributed by atoms with Crippen LogP contribution in [0.5, 0.6) is 11.5 Å². The molecule has 0 bridgehead atoms. The van der Waals surface area contributed by atoms with E-state index < -0.39 is 6.10 Å². The molecule has 0 saturated carbocycles. The summed E-state index contributed by atoms with van der Waals surface area (Å²) >= 11 is 5.04. The number of ether oxygens (including phenoxy) is 2. The minimum Gasteiger partial charge on any atom is -0.493 e. The average molecular weight is 343 g/mol. The lowest BCUT2D eigenvalue weighted by atomic mass is 10.1. The first-order chi connectivity index (χ1) is 9.06. The van der Waals surface area contributed by atoms with E-state index in [4.69, 9.17) is 9.47 Å². The van der Waals surface area contributed by atoms with E-state index in [1.807, 2.05) is 19.1 Å². The van der Waals surface area contributed by atoms with Crippen LogP contribution in [0.15, 0.2) is 28.7 Å². The minimum atomic E-state index is -0.673. The van der Waals surface area contributed by atoms with Crippen LogP contribution in [0.25, 0.3) is 0 Å². The van der Waals surface area contributed by atoms with Crippen LogP contribution in [0.4, 0.5) is 0 Å². The molecule has 0 fully saturated rings. The average Bonchev–Trinajstić information content (AvgIpc) is 2.76. The second-order valence-electron chi connectivity index (χ2n) is 4.09. The smallest absolute Gasteiger partial charge is 0.161 e. The molecule has 0 aliphatic rings. The van der Waals surface area contributed by atoms with Crippen LogP contribution < -0.4 is 9.47 Å². The van der Waals surface area contributed by atoms with Gasteiger partial charge in [0.1, 0.15) is 6.10 Å². The highest BCUT2D eigenvalue weighted by atomic mass is 79.9. The number of aliphatic hydroxyl groups excluding tert-OH is 1. The molecule has 5 heteroatoms. The Kier molecular flexibility index (Phi) is 4.50. The monoisotopic (exact) mass is 342 g/mol. The number of methoxy groups -OCH3 is 2. The van der Waals surface area contributed by atoms with Crippen LogP contribution in [0.2, 0.25) is 0 Å². The predicted octanol–water partition coefficient (Wildman–Crippen LogP) is 3.92. The van der Waals surface area contributed by atoms with E-state index in [1.54, 1.807) is 37.7 Å². The normalized spacial score (nSPS) is 12.3. The van der Waals surface area contributed by atoms with Crippen LogP contribution in [0.3, 0.4) is 0 Å². The Bertz CT molecular complexity index is 580. The number of hydrogen-bond acceptors (Lipinski definition) is 4. The van der Waals surface area contributed by atoms with E-state index in [0.29, 0.717) is 11.5 Å². The summed E-state index contributed by atoms with van der Waals surface area (Å²) in [5.74, 6) is 1.27. The number of aryl methyl sites for hydroxylation is 1. The molecule has 1 N–H and O–H groups in total. The summed E-state index contributed by atoms with van der Waals surface area (Å²) in [6, 6.07) is 7.44. The van der Waals surface area contributed by atoms with E-state index in [2.05, 4.69) is 15.9 Å². The molecule has 1 aromatic heterocycles. The second-order valence-corrected chi connectivity index (χ2v) is 6.23. The van der Waals surface area contributed by atoms with Crippen LogP contribution in [0, 0.1) is 6.92 Å². The van der Waals surface area contributed by atoms with Crippen LogP contribution in [-0.4, -0.2) is 19.3 Å². The van der Waals surface area contributed by atoms with Gasteiger partial charge in [-0.15, -0.1) is 11.3 Å². The summed E-state index contributed by atoms with van der Waals surface area (Å²) in [5, 5.41) is 10.5. The van der Waals surface area contributed by atoms with E-state index in [1.165, 1.54) is 0 Å². The van der Waals surface area contributed by atoms with Crippen molar-refractivity contribution in [3.05, 3.63) is 44.1 Å². The van der Waals surface area contributed by atoms with Gasteiger partial charge in [0.25, 0.3) is 0 Å². The molecule has 1 heterocycles. The molecule has 0 radical (unpaired) electrons. The Morgan fingerprint density at radius 1 is 1.16 bits per heavy atom. The van der Waals surface area contributed by atoms with E-state index in [0.717, 1.165) is 19.8 Å². The molecule has 2 aromatic rings. The van der Waals surface area contributed by atoms with Crippen LogP contribution in [0.1, 0.15) is 21.4 Å². The fourth-order valence-electron chi connectivity index (χ4n) is 1.86. The molecule has 3 nitrogen and oxygen atoms in total. The first kappa shape index (κ1) is 14.4. The van der Waals surface area contributed by atoms with Gasteiger partial charge in [-0.2, -0.15) is 0 Å². The van der Waals surface area contributed by atoms with Gasteiger partial charge < -0.3 is 14.6 Å². The van der Waals surface area contributed by atoms with Gasteiger partial charge in [-0.25, -0.2) is 0 Å². The molecule has 0 aliphatic heterocycles. The maximum Gasteiger partial charge on any atom is 0.161 e. The van der Waals surface area contributed by atoms with Crippen molar-refractivity contribution in [1.29, 1.82) is 0 Å². The quantitative estimate of drug-likeness (QED) is 0.915. The molecule has 1 atom stereocenters. The molecular weight excluding hydrogens is 328 g/mol. The van der Waals surface area contributed by atoms with Crippen molar-refractivity contribution in [3.63, 3.8) is 0 Å². The summed E-state index contributed by atoms with van der Waals surface area (Å²) in [6.45, 7) is 2.01. The SMILES string of the molecule is COc1ccc(C(O)c2sc(C)cc2Br)cc1OC. The second kappa shape index (κ2) is 5.94. The Hall–Kier alpha value is -1.04. The first-order valence-electron chi connectivity index (χ1n) is 5.72. The van der Waals surface area contributed by atoms with Crippen molar-refractivity contribution in [1.82, 2.24) is 0 Å². The molecule has 0 aliphatic carbocycles. The van der Waals surface area contributed by atoms with Gasteiger partial charge in [-0.1, -0.05) is 6.07 Å². The zero-order valence-corrected chi connectivity index (χ0v) is 13.3. The van der Waals surface area contributed by atoms with Gasteiger partial charge in [0, 0.05) is 9.35 Å². The third-order valence-electron chi connectivity index (χ3n) is 2.81. The highest BCUT2D eigenvalue weighted by molar-refractivity contribution is 9.10. The molecule has 1 unspecified atom stereocenters. The summed E-state index contributed by atoms with van der Waals surface area (Å²) in [6.07, 6.45) is -0.673. The van der Waals surface area contributed by atoms with Crippen molar-refractivity contribution in [2.24, 2.45) is 0 Å². The van der Waals surface area contributed by atoms with Crippen molar-refractivity contribution >= 4 is 27.3 Å². The Balaban J connectivity index is 2.39. The fraction of sp³-hybridized carbons (Fsp3) is 0.286. The van der Waals surface area contributed by atoms with Crippen LogP contribution >= 0.6 is 27.3 Å². The molecule has 19 heavy (non-hydrogen) atoms. The Morgan fingerprint density at radius 2 is 1.84 bits per heavy atom. The van der Waals surface area contributed by atoms with Gasteiger partial charge in [0.15, 0.2) is 11.5 Å². The Labute approximate surface area is 124 Å². The van der Waals surface area contributed by atoms with Crippen molar-refractivity contribution in [2.45, 2.75) is 13.0 Å².